The van der Waals surface area contributed by atoms with Crippen molar-refractivity contribution in [2.75, 3.05) is 6.54 Å². The van der Waals surface area contributed by atoms with Crippen LogP contribution in [0.5, 0.6) is 0 Å². The average molecular weight is 261 g/mol. The minimum absolute atomic E-state index is 0.598. The molecule has 18 heavy (non-hydrogen) atoms. The van der Waals surface area contributed by atoms with Crippen molar-refractivity contribution < 1.29 is 0 Å². The van der Waals surface area contributed by atoms with Crippen molar-refractivity contribution in [2.45, 2.75) is 38.3 Å². The first-order valence-electron chi connectivity index (χ1n) is 6.72. The van der Waals surface area contributed by atoms with E-state index in [1.165, 1.54) is 30.6 Å². The summed E-state index contributed by atoms with van der Waals surface area (Å²) >= 11 is 1.76. The second kappa shape index (κ2) is 5.67. The zero-order valence-corrected chi connectivity index (χ0v) is 11.3. The molecule has 0 spiro atoms. The minimum Gasteiger partial charge on any atom is -0.329 e. The molecule has 3 nitrogen and oxygen atoms in total. The summed E-state index contributed by atoms with van der Waals surface area (Å²) in [7, 11) is 0. The number of nitrogens with one attached hydrogen (secondary N) is 1. The monoisotopic (exact) mass is 261 g/mol. The zero-order chi connectivity index (χ0) is 12.2. The summed E-state index contributed by atoms with van der Waals surface area (Å²) in [6.07, 6.45) is 9.32. The summed E-state index contributed by atoms with van der Waals surface area (Å²) in [4.78, 5) is 5.75. The molecule has 1 fully saturated rings. The third-order valence-corrected chi connectivity index (χ3v) is 4.40. The normalized spacial score (nSPS) is 20.8. The van der Waals surface area contributed by atoms with Gasteiger partial charge in [0, 0.05) is 25.0 Å². The standard InChI is InChI=1S/C14H19N3S/c1-2-5-12(15-7-3-1)11-17-9-8-16-14(17)13-6-4-10-18-13/h4,6,8-10,12,15H,1-3,5,7,11H2. The summed E-state index contributed by atoms with van der Waals surface area (Å²) in [5, 5.41) is 5.76. The highest BCUT2D eigenvalue weighted by atomic mass is 32.1. The number of hydrogen-bond acceptors (Lipinski definition) is 3. The van der Waals surface area contributed by atoms with Crippen LogP contribution in [-0.2, 0) is 6.54 Å². The predicted molar refractivity (Wildman–Crippen MR) is 75.8 cm³/mol. The molecule has 1 N–H and O–H groups in total. The molecule has 2 aromatic heterocycles. The highest BCUT2D eigenvalue weighted by Crippen LogP contribution is 2.23. The molecule has 0 aliphatic carbocycles. The van der Waals surface area contributed by atoms with Crippen LogP contribution in [0, 0.1) is 0 Å². The number of hydrogen-bond donors (Lipinski definition) is 1. The Morgan fingerprint density at radius 2 is 2.39 bits per heavy atom. The average Bonchev–Trinajstić information content (AvgIpc) is 2.97. The van der Waals surface area contributed by atoms with Crippen LogP contribution in [0.3, 0.4) is 0 Å². The van der Waals surface area contributed by atoms with Crippen molar-refractivity contribution in [1.82, 2.24) is 14.9 Å². The zero-order valence-electron chi connectivity index (χ0n) is 10.5. The maximum atomic E-state index is 4.49. The lowest BCUT2D eigenvalue weighted by Gasteiger charge is -2.17. The van der Waals surface area contributed by atoms with Gasteiger partial charge in [-0.3, -0.25) is 0 Å². The van der Waals surface area contributed by atoms with E-state index >= 15 is 0 Å². The predicted octanol–water partition coefficient (Wildman–Crippen LogP) is 3.14. The fourth-order valence-electron chi connectivity index (χ4n) is 2.58. The molecule has 1 atom stereocenters. The van der Waals surface area contributed by atoms with Crippen LogP contribution >= 0.6 is 11.3 Å². The second-order valence-corrected chi connectivity index (χ2v) is 5.83. The first-order valence-corrected chi connectivity index (χ1v) is 7.60. The van der Waals surface area contributed by atoms with Crippen LogP contribution in [0.15, 0.2) is 29.9 Å². The van der Waals surface area contributed by atoms with Gasteiger partial charge < -0.3 is 9.88 Å². The fraction of sp³-hybridized carbons (Fsp3) is 0.500. The third kappa shape index (κ3) is 2.65. The number of rotatable bonds is 3. The van der Waals surface area contributed by atoms with Gasteiger partial charge in [0.2, 0.25) is 0 Å². The molecule has 1 unspecified atom stereocenters. The van der Waals surface area contributed by atoms with Gasteiger partial charge in [-0.2, -0.15) is 0 Å². The van der Waals surface area contributed by atoms with Crippen LogP contribution < -0.4 is 5.32 Å². The Labute approximate surface area is 112 Å². The molecule has 1 aliphatic rings. The summed E-state index contributed by atoms with van der Waals surface area (Å²) in [5.41, 5.74) is 0. The van der Waals surface area contributed by atoms with Gasteiger partial charge in [0.15, 0.2) is 0 Å². The lowest BCUT2D eigenvalue weighted by atomic mass is 10.1. The summed E-state index contributed by atoms with van der Waals surface area (Å²) in [5.74, 6) is 1.11. The van der Waals surface area contributed by atoms with E-state index in [-0.39, 0.29) is 0 Å². The Bertz CT molecular complexity index is 467. The van der Waals surface area contributed by atoms with E-state index in [1.54, 1.807) is 11.3 Å². The Hall–Kier alpha value is -1.13. The van der Waals surface area contributed by atoms with Crippen LogP contribution in [0.25, 0.3) is 10.7 Å². The molecule has 1 saturated heterocycles. The van der Waals surface area contributed by atoms with Gasteiger partial charge in [-0.1, -0.05) is 18.9 Å². The molecule has 0 saturated carbocycles. The van der Waals surface area contributed by atoms with Crippen LogP contribution in [-0.4, -0.2) is 22.1 Å². The van der Waals surface area contributed by atoms with Gasteiger partial charge >= 0.3 is 0 Å². The van der Waals surface area contributed by atoms with E-state index in [0.717, 1.165) is 18.9 Å². The van der Waals surface area contributed by atoms with Gasteiger partial charge in [0.25, 0.3) is 0 Å². The Balaban J connectivity index is 1.74. The Morgan fingerprint density at radius 3 is 3.28 bits per heavy atom. The van der Waals surface area contributed by atoms with E-state index in [2.05, 4.69) is 38.6 Å². The molecule has 0 amide bonds. The third-order valence-electron chi connectivity index (χ3n) is 3.54. The van der Waals surface area contributed by atoms with Gasteiger partial charge in [-0.05, 0) is 30.8 Å². The van der Waals surface area contributed by atoms with E-state index in [4.69, 9.17) is 0 Å². The number of thiophene rings is 1. The van der Waals surface area contributed by atoms with Crippen molar-refractivity contribution in [3.8, 4) is 10.7 Å². The summed E-state index contributed by atoms with van der Waals surface area (Å²) < 4.78 is 2.29. The summed E-state index contributed by atoms with van der Waals surface area (Å²) in [6.45, 7) is 2.20. The maximum absolute atomic E-state index is 4.49. The highest BCUT2D eigenvalue weighted by molar-refractivity contribution is 7.13. The largest absolute Gasteiger partial charge is 0.329 e. The SMILES string of the molecule is c1csc(-c2nccn2CC2CCCCCN2)c1. The molecule has 1 aliphatic heterocycles. The fourth-order valence-corrected chi connectivity index (χ4v) is 3.32. The maximum Gasteiger partial charge on any atom is 0.150 e. The van der Waals surface area contributed by atoms with Crippen molar-refractivity contribution in [2.24, 2.45) is 0 Å². The molecule has 3 heterocycles. The minimum atomic E-state index is 0.598. The van der Waals surface area contributed by atoms with Crippen LogP contribution in [0.4, 0.5) is 0 Å². The van der Waals surface area contributed by atoms with Gasteiger partial charge in [-0.25, -0.2) is 4.98 Å². The smallest absolute Gasteiger partial charge is 0.150 e. The number of imidazole rings is 1. The van der Waals surface area contributed by atoms with Crippen LogP contribution in [0.1, 0.15) is 25.7 Å². The van der Waals surface area contributed by atoms with Gasteiger partial charge in [-0.15, -0.1) is 11.3 Å². The molecule has 96 valence electrons. The molecule has 2 aromatic rings. The Kier molecular flexibility index (Phi) is 3.76. The molecule has 4 heteroatoms. The van der Waals surface area contributed by atoms with Gasteiger partial charge in [0.1, 0.15) is 5.82 Å². The van der Waals surface area contributed by atoms with Crippen molar-refractivity contribution in [3.63, 3.8) is 0 Å². The van der Waals surface area contributed by atoms with E-state index < -0.39 is 0 Å². The first-order chi connectivity index (χ1) is 8.93. The van der Waals surface area contributed by atoms with Crippen molar-refractivity contribution in [1.29, 1.82) is 0 Å². The highest BCUT2D eigenvalue weighted by Gasteiger charge is 2.14. The lowest BCUT2D eigenvalue weighted by molar-refractivity contribution is 0.446. The lowest BCUT2D eigenvalue weighted by Crippen LogP contribution is -2.32. The van der Waals surface area contributed by atoms with Crippen molar-refractivity contribution >= 4 is 11.3 Å². The molecule has 0 bridgehead atoms. The first kappa shape index (κ1) is 11.9. The molecular formula is C14H19N3S. The van der Waals surface area contributed by atoms with E-state index in [9.17, 15) is 0 Å². The Morgan fingerprint density at radius 1 is 1.39 bits per heavy atom. The second-order valence-electron chi connectivity index (χ2n) is 4.88. The molecular weight excluding hydrogens is 242 g/mol. The summed E-state index contributed by atoms with van der Waals surface area (Å²) in [6, 6.07) is 4.83. The van der Waals surface area contributed by atoms with E-state index in [1.807, 2.05) is 6.20 Å². The molecule has 0 radical (unpaired) electrons. The van der Waals surface area contributed by atoms with Crippen LogP contribution in [0.2, 0.25) is 0 Å². The van der Waals surface area contributed by atoms with Crippen molar-refractivity contribution in [3.05, 3.63) is 29.9 Å². The molecule has 0 aromatic carbocycles. The quantitative estimate of drug-likeness (QED) is 0.920. The number of nitrogens with zero attached hydrogens (tertiary/aromatic N) is 2. The number of aromatic nitrogens is 2. The van der Waals surface area contributed by atoms with E-state index in [0.29, 0.717) is 6.04 Å². The topological polar surface area (TPSA) is 29.9 Å². The van der Waals surface area contributed by atoms with Gasteiger partial charge in [0.05, 0.1) is 4.88 Å². The molecule has 3 rings (SSSR count).